The Bertz CT molecular complexity index is 176. The molecule has 0 atom stereocenters. The monoisotopic (exact) mass is 224 g/mol. The number of hydrogen-bond donors (Lipinski definition) is 0. The van der Waals surface area contributed by atoms with Gasteiger partial charge in [0.25, 0.3) is 0 Å². The molecule has 0 radical (unpaired) electrons. The maximum absolute atomic E-state index is 4.67. The summed E-state index contributed by atoms with van der Waals surface area (Å²) in [6.45, 7) is 0. The smallest absolute Gasteiger partial charge is 1.00 e. The van der Waals surface area contributed by atoms with Crippen LogP contribution in [-0.2, 0) is 0 Å². The minimum absolute atomic E-state index is 0. The third-order valence-electron chi connectivity index (χ3n) is 0.867. The third kappa shape index (κ3) is 4.38. The van der Waals surface area contributed by atoms with E-state index >= 15 is 0 Å². The topological polar surface area (TPSA) is 0 Å². The first-order valence-corrected chi connectivity index (χ1v) is 2.82. The molecule has 0 heterocycles. The van der Waals surface area contributed by atoms with Gasteiger partial charge >= 0.3 is 23.1 Å². The van der Waals surface area contributed by atoms with Gasteiger partial charge in [0.05, 0.1) is 0 Å². The molecule has 0 aliphatic heterocycles. The maximum atomic E-state index is 4.67. The molecule has 48 valence electrons. The van der Waals surface area contributed by atoms with E-state index in [1.54, 1.807) is 5.37 Å². The normalized spacial score (nSPS) is 6.80. The van der Waals surface area contributed by atoms with Crippen LogP contribution in [-0.4, -0.2) is 28.4 Å². The zero-order valence-corrected chi connectivity index (χ0v) is 9.20. The van der Waals surface area contributed by atoms with E-state index in [1.165, 1.54) is 0 Å². The fourth-order valence-electron chi connectivity index (χ4n) is 0.481. The summed E-state index contributed by atoms with van der Waals surface area (Å²) in [6.07, 6.45) is 0. The summed E-state index contributed by atoms with van der Waals surface area (Å²) >= 11 is 4.67. The molecule has 0 aromatic heterocycles. The zero-order chi connectivity index (χ0) is 5.82. The molecule has 0 N–H and O–H groups in total. The van der Waals surface area contributed by atoms with Crippen molar-refractivity contribution in [3.05, 3.63) is 35.9 Å². The van der Waals surface area contributed by atoms with Crippen molar-refractivity contribution in [3.63, 3.8) is 0 Å². The Balaban J connectivity index is 0. The molecule has 0 aliphatic carbocycles. The quantitative estimate of drug-likeness (QED) is 0.317. The predicted molar refractivity (Wildman–Crippen MR) is 43.8 cm³/mol. The van der Waals surface area contributed by atoms with Crippen molar-refractivity contribution in [2.24, 2.45) is 0 Å². The van der Waals surface area contributed by atoms with Crippen molar-refractivity contribution in [1.29, 1.82) is 0 Å². The van der Waals surface area contributed by atoms with Gasteiger partial charge in [0.1, 0.15) is 0 Å². The van der Waals surface area contributed by atoms with E-state index in [0.717, 1.165) is 5.56 Å². The molecule has 0 nitrogen and oxygen atoms in total. The summed E-state index contributed by atoms with van der Waals surface area (Å²) in [5.41, 5.74) is 1.04. The van der Waals surface area contributed by atoms with Crippen LogP contribution in [0.4, 0.5) is 0 Å². The fraction of sp³-hybridized carbons (Fsp3) is 0. The minimum atomic E-state index is 0. The summed E-state index contributed by atoms with van der Waals surface area (Å²) < 4.78 is 0. The van der Waals surface area contributed by atoms with Crippen molar-refractivity contribution in [1.82, 2.24) is 0 Å². The number of halogens is 1. The summed E-state index contributed by atoms with van der Waals surface area (Å²) in [4.78, 5) is 0. The van der Waals surface area contributed by atoms with Crippen LogP contribution < -0.4 is 17.0 Å². The van der Waals surface area contributed by atoms with Crippen LogP contribution in [0.2, 0.25) is 0 Å². The Morgan fingerprint density at radius 3 is 2.50 bits per heavy atom. The fourth-order valence-corrected chi connectivity index (χ4v) is 0.627. The third-order valence-corrected chi connectivity index (χ3v) is 1.14. The van der Waals surface area contributed by atoms with Gasteiger partial charge in [0.15, 0.2) is 0 Å². The maximum Gasteiger partial charge on any atom is 2.00 e. The van der Waals surface area contributed by atoms with Crippen molar-refractivity contribution in [3.8, 4) is 0 Å². The Morgan fingerprint density at radius 2 is 2.20 bits per heavy atom. The molecule has 1 aromatic rings. The molecule has 0 spiro atoms. The van der Waals surface area contributed by atoms with Gasteiger partial charge in [-0.3, -0.25) is 0 Å². The predicted octanol–water partition coefficient (Wildman–Crippen LogP) is -1.54. The molecule has 1 aromatic carbocycles. The molecule has 1 rings (SSSR count). The van der Waals surface area contributed by atoms with Gasteiger partial charge in [-0.05, 0) is 5.37 Å². The summed E-state index contributed by atoms with van der Waals surface area (Å²) in [6, 6.07) is 10.5. The van der Waals surface area contributed by atoms with Crippen LogP contribution in [0.5, 0.6) is 0 Å². The van der Waals surface area contributed by atoms with E-state index in [4.69, 9.17) is 0 Å². The minimum Gasteiger partial charge on any atom is -1.00 e. The Morgan fingerprint density at radius 1 is 1.50 bits per heavy atom. The molecule has 10 heavy (non-hydrogen) atoms. The molecule has 0 unspecified atom stereocenters. The van der Waals surface area contributed by atoms with Gasteiger partial charge in [-0.25, -0.2) is 0 Å². The molecule has 0 amide bonds. The molecule has 3 heteroatoms. The average molecular weight is 225 g/mol. The second kappa shape index (κ2) is 7.66. The molecule has 0 saturated heterocycles. The van der Waals surface area contributed by atoms with E-state index in [0.29, 0.717) is 0 Å². The van der Waals surface area contributed by atoms with Crippen molar-refractivity contribution in [2.45, 2.75) is 0 Å². The van der Waals surface area contributed by atoms with Gasteiger partial charge in [-0.1, -0.05) is 0 Å². The molecular weight excluding hydrogens is 220 g/mol. The summed E-state index contributed by atoms with van der Waals surface area (Å²) in [5.74, 6) is 0. The van der Waals surface area contributed by atoms with Crippen LogP contribution in [0.1, 0.15) is 5.56 Å². The number of hydrogen-bond acceptors (Lipinski definition) is 1. The molecule has 0 saturated carbocycles. The van der Waals surface area contributed by atoms with Crippen LogP contribution in [0.3, 0.4) is 0 Å². The molecule has 0 aliphatic rings. The van der Waals surface area contributed by atoms with Crippen LogP contribution in [0, 0.1) is 6.07 Å². The van der Waals surface area contributed by atoms with E-state index in [1.807, 2.05) is 24.3 Å². The van der Waals surface area contributed by atoms with Gasteiger partial charge < -0.3 is 17.0 Å². The SMILES string of the molecule is S=Cc1c[c-]ccc1.[Br-].[Mg+2]. The molecular formula is C7H5BrMgS. The standard InChI is InChI=1S/C7H5S.BrH.Mg/c8-6-7-4-2-1-3-5-7;;/h1-2,4-6H;1H;/q-1;;+2/p-1. The van der Waals surface area contributed by atoms with E-state index in [9.17, 15) is 0 Å². The largest absolute Gasteiger partial charge is 2.00 e. The Hall–Kier alpha value is 0.556. The average Bonchev–Trinajstić information content (AvgIpc) is 1.90. The summed E-state index contributed by atoms with van der Waals surface area (Å²) in [5, 5.41) is 1.64. The van der Waals surface area contributed by atoms with E-state index in [2.05, 4.69) is 18.3 Å². The van der Waals surface area contributed by atoms with E-state index < -0.39 is 0 Å². The van der Waals surface area contributed by atoms with Crippen molar-refractivity contribution >= 4 is 40.6 Å². The summed E-state index contributed by atoms with van der Waals surface area (Å²) in [7, 11) is 0. The molecule has 0 bridgehead atoms. The zero-order valence-electron chi connectivity index (χ0n) is 5.38. The van der Waals surface area contributed by atoms with Gasteiger partial charge in [-0.15, -0.1) is 17.8 Å². The van der Waals surface area contributed by atoms with Crippen molar-refractivity contribution < 1.29 is 17.0 Å². The first kappa shape index (κ1) is 13.2. The van der Waals surface area contributed by atoms with Crippen LogP contribution in [0.15, 0.2) is 24.3 Å². The van der Waals surface area contributed by atoms with Crippen molar-refractivity contribution in [2.75, 3.05) is 0 Å². The number of benzene rings is 1. The van der Waals surface area contributed by atoms with Gasteiger partial charge in [-0.2, -0.15) is 30.3 Å². The first-order valence-electron chi connectivity index (χ1n) is 2.35. The Labute approximate surface area is 92.9 Å². The van der Waals surface area contributed by atoms with Crippen LogP contribution in [0.25, 0.3) is 0 Å². The first-order chi connectivity index (χ1) is 3.93. The van der Waals surface area contributed by atoms with E-state index in [-0.39, 0.29) is 40.0 Å². The number of thiocarbonyl (C=S) groups is 1. The van der Waals surface area contributed by atoms with Gasteiger partial charge in [0, 0.05) is 0 Å². The second-order valence-electron chi connectivity index (χ2n) is 1.45. The molecule has 0 fully saturated rings. The second-order valence-corrected chi connectivity index (χ2v) is 1.69. The van der Waals surface area contributed by atoms with Crippen LogP contribution >= 0.6 is 12.2 Å². The number of rotatable bonds is 1. The van der Waals surface area contributed by atoms with Gasteiger partial charge in [0.2, 0.25) is 0 Å². The Kier molecular flexibility index (Phi) is 10.1.